The maximum absolute atomic E-state index is 13.2. The van der Waals surface area contributed by atoms with Gasteiger partial charge in [-0.1, -0.05) is 29.3 Å². The van der Waals surface area contributed by atoms with Gasteiger partial charge in [-0.3, -0.25) is 19.4 Å². The molecule has 1 aliphatic heterocycles. The van der Waals surface area contributed by atoms with Crippen LogP contribution in [0.2, 0.25) is 10.0 Å². The summed E-state index contributed by atoms with van der Waals surface area (Å²) in [6.07, 6.45) is -0.0448. The molecule has 4 amide bonds. The Morgan fingerprint density at radius 3 is 2.10 bits per heavy atom. The smallest absolute Gasteiger partial charge is 0.332 e. The van der Waals surface area contributed by atoms with Crippen LogP contribution in [0.3, 0.4) is 0 Å². The zero-order valence-corrected chi connectivity index (χ0v) is 17.2. The van der Waals surface area contributed by atoms with Gasteiger partial charge in [-0.05, 0) is 48.4 Å². The Labute approximate surface area is 177 Å². The molecule has 1 aliphatic rings. The molecule has 9 heteroatoms. The quantitative estimate of drug-likeness (QED) is 0.721. The molecule has 2 aromatic carbocycles. The standard InChI is InChI=1S/C20H18Cl2FN3O3/c1-25-17(27)20(18(28)26(2)19(25)29,10-12-3-4-13(21)9-16(12)22)11-24-15-7-5-14(23)6-8-15/h3-9,24H,10-11H2,1-2H3. The summed E-state index contributed by atoms with van der Waals surface area (Å²) >= 11 is 12.2. The number of anilines is 1. The lowest BCUT2D eigenvalue weighted by molar-refractivity contribution is -0.156. The van der Waals surface area contributed by atoms with Crippen LogP contribution in [0.15, 0.2) is 42.5 Å². The first-order valence-corrected chi connectivity index (χ1v) is 9.45. The summed E-state index contributed by atoms with van der Waals surface area (Å²) < 4.78 is 13.2. The van der Waals surface area contributed by atoms with Crippen molar-refractivity contribution in [3.05, 3.63) is 63.9 Å². The topological polar surface area (TPSA) is 69.7 Å². The Balaban J connectivity index is 2.02. The number of hydrogen-bond donors (Lipinski definition) is 1. The highest BCUT2D eigenvalue weighted by molar-refractivity contribution is 6.35. The summed E-state index contributed by atoms with van der Waals surface area (Å²) in [6, 6.07) is 9.58. The summed E-state index contributed by atoms with van der Waals surface area (Å²) in [4.78, 5) is 40.4. The predicted molar refractivity (Wildman–Crippen MR) is 108 cm³/mol. The van der Waals surface area contributed by atoms with Crippen molar-refractivity contribution >= 4 is 46.7 Å². The van der Waals surface area contributed by atoms with E-state index in [1.807, 2.05) is 0 Å². The number of benzene rings is 2. The Kier molecular flexibility index (Phi) is 5.82. The van der Waals surface area contributed by atoms with Crippen molar-refractivity contribution in [2.45, 2.75) is 6.42 Å². The number of carbonyl (C=O) groups is 3. The minimum Gasteiger partial charge on any atom is -0.383 e. The van der Waals surface area contributed by atoms with Crippen LogP contribution in [0, 0.1) is 11.2 Å². The second-order valence-electron chi connectivity index (χ2n) is 6.87. The summed E-state index contributed by atoms with van der Waals surface area (Å²) in [5.74, 6) is -1.70. The first-order chi connectivity index (χ1) is 13.7. The summed E-state index contributed by atoms with van der Waals surface area (Å²) in [7, 11) is 2.65. The Morgan fingerprint density at radius 2 is 1.55 bits per heavy atom. The lowest BCUT2D eigenvalue weighted by Crippen LogP contribution is -2.65. The molecule has 0 atom stereocenters. The zero-order valence-electron chi connectivity index (χ0n) is 15.7. The Hall–Kier alpha value is -2.64. The molecule has 0 aromatic heterocycles. The van der Waals surface area contributed by atoms with Gasteiger partial charge in [0.2, 0.25) is 11.8 Å². The molecule has 2 aromatic rings. The van der Waals surface area contributed by atoms with Crippen LogP contribution in [0.1, 0.15) is 5.56 Å². The minimum atomic E-state index is -1.62. The van der Waals surface area contributed by atoms with Gasteiger partial charge in [0.15, 0.2) is 0 Å². The van der Waals surface area contributed by atoms with Gasteiger partial charge < -0.3 is 5.32 Å². The van der Waals surface area contributed by atoms with Crippen LogP contribution in [-0.4, -0.2) is 48.3 Å². The maximum Gasteiger partial charge on any atom is 0.332 e. The molecule has 0 unspecified atom stereocenters. The highest BCUT2D eigenvalue weighted by Crippen LogP contribution is 2.35. The van der Waals surface area contributed by atoms with Crippen LogP contribution < -0.4 is 5.32 Å². The van der Waals surface area contributed by atoms with Crippen molar-refractivity contribution in [2.75, 3.05) is 26.0 Å². The fourth-order valence-corrected chi connectivity index (χ4v) is 3.78. The molecule has 152 valence electrons. The fraction of sp³-hybridized carbons (Fsp3) is 0.250. The summed E-state index contributed by atoms with van der Waals surface area (Å²) in [5.41, 5.74) is -0.561. The zero-order chi connectivity index (χ0) is 21.3. The van der Waals surface area contributed by atoms with E-state index in [9.17, 15) is 18.8 Å². The number of imide groups is 2. The number of rotatable bonds is 5. The van der Waals surface area contributed by atoms with E-state index < -0.39 is 29.1 Å². The predicted octanol–water partition coefficient (Wildman–Crippen LogP) is 3.82. The molecule has 0 spiro atoms. The lowest BCUT2D eigenvalue weighted by Gasteiger charge is -2.42. The number of barbiturate groups is 1. The van der Waals surface area contributed by atoms with Gasteiger partial charge in [0.25, 0.3) is 0 Å². The Bertz CT molecular complexity index is 957. The molecule has 6 nitrogen and oxygen atoms in total. The highest BCUT2D eigenvalue weighted by atomic mass is 35.5. The van der Waals surface area contributed by atoms with E-state index in [4.69, 9.17) is 23.2 Å². The minimum absolute atomic E-state index is 0.0448. The van der Waals surface area contributed by atoms with Crippen molar-refractivity contribution in [1.82, 2.24) is 9.80 Å². The molecule has 0 bridgehead atoms. The molecule has 1 fully saturated rings. The van der Waals surface area contributed by atoms with Gasteiger partial charge in [0.1, 0.15) is 11.2 Å². The molecular formula is C20H18Cl2FN3O3. The molecule has 29 heavy (non-hydrogen) atoms. The highest BCUT2D eigenvalue weighted by Gasteiger charge is 2.55. The van der Waals surface area contributed by atoms with E-state index in [1.54, 1.807) is 12.1 Å². The largest absolute Gasteiger partial charge is 0.383 e. The number of carbonyl (C=O) groups excluding carboxylic acids is 3. The molecule has 3 rings (SSSR count). The molecular weight excluding hydrogens is 420 g/mol. The van der Waals surface area contributed by atoms with Gasteiger partial charge in [-0.25, -0.2) is 9.18 Å². The summed E-state index contributed by atoms with van der Waals surface area (Å²) in [5, 5.41) is 3.73. The van der Waals surface area contributed by atoms with Crippen LogP contribution >= 0.6 is 23.2 Å². The first-order valence-electron chi connectivity index (χ1n) is 8.69. The number of hydrogen-bond acceptors (Lipinski definition) is 4. The van der Waals surface area contributed by atoms with Crippen molar-refractivity contribution in [1.29, 1.82) is 0 Å². The molecule has 1 heterocycles. The van der Waals surface area contributed by atoms with E-state index in [-0.39, 0.29) is 13.0 Å². The van der Waals surface area contributed by atoms with Gasteiger partial charge in [-0.2, -0.15) is 0 Å². The van der Waals surface area contributed by atoms with E-state index >= 15 is 0 Å². The lowest BCUT2D eigenvalue weighted by atomic mass is 9.77. The van der Waals surface area contributed by atoms with Crippen molar-refractivity contribution in [3.63, 3.8) is 0 Å². The van der Waals surface area contributed by atoms with Crippen molar-refractivity contribution < 1.29 is 18.8 Å². The monoisotopic (exact) mass is 437 g/mol. The second kappa shape index (κ2) is 8.00. The molecule has 0 saturated carbocycles. The molecule has 0 aliphatic carbocycles. The number of amides is 4. The average molecular weight is 438 g/mol. The van der Waals surface area contributed by atoms with Gasteiger partial charge in [0, 0.05) is 36.4 Å². The van der Waals surface area contributed by atoms with E-state index in [0.717, 1.165) is 9.80 Å². The molecule has 1 saturated heterocycles. The summed E-state index contributed by atoms with van der Waals surface area (Å²) in [6.45, 7) is -0.114. The van der Waals surface area contributed by atoms with E-state index in [0.29, 0.717) is 21.3 Å². The van der Waals surface area contributed by atoms with Gasteiger partial charge in [0.05, 0.1) is 0 Å². The number of urea groups is 1. The third-order valence-electron chi connectivity index (χ3n) is 4.95. The first kappa shape index (κ1) is 21.1. The van der Waals surface area contributed by atoms with Gasteiger partial charge in [-0.15, -0.1) is 0 Å². The normalized spacial score (nSPS) is 16.4. The van der Waals surface area contributed by atoms with Crippen molar-refractivity contribution in [3.8, 4) is 0 Å². The Morgan fingerprint density at radius 1 is 0.966 bits per heavy atom. The second-order valence-corrected chi connectivity index (χ2v) is 7.71. The third-order valence-corrected chi connectivity index (χ3v) is 5.53. The average Bonchev–Trinajstić information content (AvgIpc) is 2.70. The van der Waals surface area contributed by atoms with Crippen LogP contribution in [0.4, 0.5) is 14.9 Å². The molecule has 0 radical (unpaired) electrons. The number of halogens is 3. The van der Waals surface area contributed by atoms with Crippen molar-refractivity contribution in [2.24, 2.45) is 5.41 Å². The maximum atomic E-state index is 13.2. The van der Waals surface area contributed by atoms with Crippen LogP contribution in [0.5, 0.6) is 0 Å². The SMILES string of the molecule is CN1C(=O)N(C)C(=O)C(CNc2ccc(F)cc2)(Cc2ccc(Cl)cc2Cl)C1=O. The number of nitrogens with zero attached hydrogens (tertiary/aromatic N) is 2. The molecule has 1 N–H and O–H groups in total. The van der Waals surface area contributed by atoms with Crippen LogP contribution in [-0.2, 0) is 16.0 Å². The van der Waals surface area contributed by atoms with Gasteiger partial charge >= 0.3 is 6.03 Å². The van der Waals surface area contributed by atoms with E-state index in [1.165, 1.54) is 44.4 Å². The fourth-order valence-electron chi connectivity index (χ4n) is 3.31. The van der Waals surface area contributed by atoms with Crippen LogP contribution in [0.25, 0.3) is 0 Å². The van der Waals surface area contributed by atoms with E-state index in [2.05, 4.69) is 5.32 Å². The third kappa shape index (κ3) is 3.93. The number of nitrogens with one attached hydrogen (secondary N) is 1.